The van der Waals surface area contributed by atoms with Crippen molar-refractivity contribution >= 4 is 0 Å². The highest BCUT2D eigenvalue weighted by Gasteiger charge is 2.21. The minimum Gasteiger partial charge on any atom is -0.489 e. The number of fused-ring (bicyclic) bond motifs is 1. The van der Waals surface area contributed by atoms with Crippen LogP contribution in [0.4, 0.5) is 0 Å². The Morgan fingerprint density at radius 3 is 3.08 bits per heavy atom. The normalized spacial score (nSPS) is 20.2. The summed E-state index contributed by atoms with van der Waals surface area (Å²) >= 11 is 0. The zero-order chi connectivity index (χ0) is 8.55. The van der Waals surface area contributed by atoms with Gasteiger partial charge in [0.05, 0.1) is 11.3 Å². The van der Waals surface area contributed by atoms with Crippen LogP contribution in [0.2, 0.25) is 0 Å². The number of rotatable bonds is 1. The zero-order valence-corrected chi connectivity index (χ0v) is 6.32. The Morgan fingerprint density at radius 2 is 2.33 bits per heavy atom. The van der Waals surface area contributed by atoms with E-state index >= 15 is 0 Å². The van der Waals surface area contributed by atoms with Crippen LogP contribution in [-0.4, -0.2) is 11.5 Å². The molecule has 0 atom stereocenters. The number of nitrogens with zero attached hydrogens (tertiary/aromatic N) is 1. The Labute approximate surface area is 69.0 Å². The molecule has 62 valence electrons. The molecule has 0 spiro atoms. The lowest BCUT2D eigenvalue weighted by Gasteiger charge is -2.05. The first-order valence-electron chi connectivity index (χ1n) is 3.66. The molecule has 0 N–H and O–H groups in total. The van der Waals surface area contributed by atoms with E-state index in [1.54, 1.807) is 12.2 Å². The first-order chi connectivity index (χ1) is 5.77. The monoisotopic (exact) mass is 165 g/mol. The molecule has 4 nitrogen and oxygen atoms in total. The molecule has 0 aromatic heterocycles. The van der Waals surface area contributed by atoms with Crippen LogP contribution in [-0.2, 0) is 4.74 Å². The molecule has 0 saturated heterocycles. The smallest absolute Gasteiger partial charge is 0.250 e. The van der Waals surface area contributed by atoms with E-state index in [0.29, 0.717) is 13.0 Å². The molecule has 1 aliphatic heterocycles. The van der Waals surface area contributed by atoms with Crippen LogP contribution < -0.4 is 0 Å². The molecule has 1 aliphatic carbocycles. The van der Waals surface area contributed by atoms with E-state index in [2.05, 4.69) is 0 Å². The molecule has 2 rings (SSSR count). The Bertz CT molecular complexity index is 325. The van der Waals surface area contributed by atoms with E-state index in [-0.39, 0.29) is 10.6 Å². The molecule has 0 radical (unpaired) electrons. The van der Waals surface area contributed by atoms with E-state index in [9.17, 15) is 10.1 Å². The van der Waals surface area contributed by atoms with Crippen LogP contribution in [0.5, 0.6) is 0 Å². The van der Waals surface area contributed by atoms with Gasteiger partial charge in [-0.15, -0.1) is 0 Å². The molecular formula is C8H7NO3. The SMILES string of the molecule is O=[N+]([O-])C1=CC2=CCOC2=CC1. The summed E-state index contributed by atoms with van der Waals surface area (Å²) in [6.45, 7) is 0.530. The minimum absolute atomic E-state index is 0.232. The van der Waals surface area contributed by atoms with Crippen LogP contribution in [0.15, 0.2) is 35.3 Å². The summed E-state index contributed by atoms with van der Waals surface area (Å²) in [5.41, 5.74) is 1.07. The fraction of sp³-hybridized carbons (Fsp3) is 0.250. The van der Waals surface area contributed by atoms with Crippen molar-refractivity contribution in [2.45, 2.75) is 6.42 Å². The van der Waals surface area contributed by atoms with E-state index in [1.165, 1.54) is 0 Å². The number of ether oxygens (including phenoxy) is 1. The van der Waals surface area contributed by atoms with Crippen molar-refractivity contribution in [2.24, 2.45) is 0 Å². The van der Waals surface area contributed by atoms with Gasteiger partial charge in [-0.3, -0.25) is 10.1 Å². The Morgan fingerprint density at radius 1 is 1.50 bits per heavy atom. The van der Waals surface area contributed by atoms with Crippen LogP contribution in [0.3, 0.4) is 0 Å². The third-order valence-corrected chi connectivity index (χ3v) is 1.88. The van der Waals surface area contributed by atoms with E-state index in [1.807, 2.05) is 6.08 Å². The van der Waals surface area contributed by atoms with Gasteiger partial charge in [-0.1, -0.05) is 0 Å². The summed E-state index contributed by atoms with van der Waals surface area (Å²) in [5.74, 6) is 0.778. The summed E-state index contributed by atoms with van der Waals surface area (Å²) in [6, 6.07) is 0. The van der Waals surface area contributed by atoms with Crippen molar-refractivity contribution < 1.29 is 9.66 Å². The molecule has 12 heavy (non-hydrogen) atoms. The number of allylic oxidation sites excluding steroid dienone is 2. The van der Waals surface area contributed by atoms with Crippen LogP contribution in [0.1, 0.15) is 6.42 Å². The Kier molecular flexibility index (Phi) is 1.46. The summed E-state index contributed by atoms with van der Waals surface area (Å²) < 4.78 is 5.19. The van der Waals surface area contributed by atoms with Gasteiger partial charge in [-0.25, -0.2) is 0 Å². The highest BCUT2D eigenvalue weighted by atomic mass is 16.6. The van der Waals surface area contributed by atoms with Crippen molar-refractivity contribution in [3.8, 4) is 0 Å². The summed E-state index contributed by atoms with van der Waals surface area (Å²) in [5, 5.41) is 10.4. The second-order valence-electron chi connectivity index (χ2n) is 2.64. The third kappa shape index (κ3) is 1.01. The fourth-order valence-electron chi connectivity index (χ4n) is 1.27. The molecule has 0 amide bonds. The van der Waals surface area contributed by atoms with Crippen LogP contribution >= 0.6 is 0 Å². The maximum Gasteiger partial charge on any atom is 0.250 e. The maximum atomic E-state index is 10.4. The molecule has 0 fully saturated rings. The quantitative estimate of drug-likeness (QED) is 0.435. The lowest BCUT2D eigenvalue weighted by molar-refractivity contribution is -0.426. The topological polar surface area (TPSA) is 52.4 Å². The standard InChI is InChI=1S/C8H7NO3/c10-9(11)7-1-2-8-6(5-7)3-4-12-8/h2-3,5H,1,4H2. The fourth-order valence-corrected chi connectivity index (χ4v) is 1.27. The predicted molar refractivity (Wildman–Crippen MR) is 41.8 cm³/mol. The van der Waals surface area contributed by atoms with Gasteiger partial charge in [0.25, 0.3) is 5.70 Å². The van der Waals surface area contributed by atoms with Gasteiger partial charge in [0.15, 0.2) is 0 Å². The predicted octanol–water partition coefficient (Wildman–Crippen LogP) is 1.39. The van der Waals surface area contributed by atoms with Gasteiger partial charge in [-0.2, -0.15) is 0 Å². The van der Waals surface area contributed by atoms with Gasteiger partial charge in [0.1, 0.15) is 12.4 Å². The lowest BCUT2D eigenvalue weighted by Crippen LogP contribution is -2.02. The number of hydrogen-bond acceptors (Lipinski definition) is 3. The zero-order valence-electron chi connectivity index (χ0n) is 6.32. The maximum absolute atomic E-state index is 10.4. The van der Waals surface area contributed by atoms with Crippen molar-refractivity contribution in [3.63, 3.8) is 0 Å². The lowest BCUT2D eigenvalue weighted by atomic mass is 10.1. The van der Waals surface area contributed by atoms with Gasteiger partial charge >= 0.3 is 0 Å². The van der Waals surface area contributed by atoms with Gasteiger partial charge in [-0.05, 0) is 12.2 Å². The first kappa shape index (κ1) is 7.09. The molecule has 0 bridgehead atoms. The molecular weight excluding hydrogens is 158 g/mol. The number of nitro groups is 1. The molecule has 0 aromatic carbocycles. The van der Waals surface area contributed by atoms with Crippen molar-refractivity contribution in [1.82, 2.24) is 0 Å². The average molecular weight is 165 g/mol. The summed E-state index contributed by atoms with van der Waals surface area (Å²) in [7, 11) is 0. The Balaban J connectivity index is 2.30. The molecule has 0 unspecified atom stereocenters. The average Bonchev–Trinajstić information content (AvgIpc) is 2.49. The molecule has 4 heteroatoms. The van der Waals surface area contributed by atoms with E-state index in [0.717, 1.165) is 11.3 Å². The largest absolute Gasteiger partial charge is 0.489 e. The third-order valence-electron chi connectivity index (χ3n) is 1.88. The van der Waals surface area contributed by atoms with Crippen molar-refractivity contribution in [3.05, 3.63) is 45.4 Å². The van der Waals surface area contributed by atoms with Gasteiger partial charge in [0, 0.05) is 11.6 Å². The van der Waals surface area contributed by atoms with Gasteiger partial charge in [0.2, 0.25) is 0 Å². The van der Waals surface area contributed by atoms with Crippen molar-refractivity contribution in [2.75, 3.05) is 6.61 Å². The van der Waals surface area contributed by atoms with E-state index < -0.39 is 0 Å². The van der Waals surface area contributed by atoms with E-state index in [4.69, 9.17) is 4.74 Å². The highest BCUT2D eigenvalue weighted by Crippen LogP contribution is 2.27. The molecule has 0 aromatic rings. The summed E-state index contributed by atoms with van der Waals surface area (Å²) in [6.07, 6.45) is 5.52. The van der Waals surface area contributed by atoms with Gasteiger partial charge < -0.3 is 4.74 Å². The van der Waals surface area contributed by atoms with Crippen LogP contribution in [0, 0.1) is 10.1 Å². The second-order valence-corrected chi connectivity index (χ2v) is 2.64. The molecule has 0 saturated carbocycles. The second kappa shape index (κ2) is 2.48. The minimum atomic E-state index is -0.355. The molecule has 2 aliphatic rings. The first-order valence-corrected chi connectivity index (χ1v) is 3.66. The highest BCUT2D eigenvalue weighted by molar-refractivity contribution is 5.43. The summed E-state index contributed by atoms with van der Waals surface area (Å²) in [4.78, 5) is 10.0. The Hall–Kier alpha value is -1.58. The number of hydrogen-bond donors (Lipinski definition) is 0. The van der Waals surface area contributed by atoms with Crippen LogP contribution in [0.25, 0.3) is 0 Å². The van der Waals surface area contributed by atoms with Crippen molar-refractivity contribution in [1.29, 1.82) is 0 Å². The molecule has 1 heterocycles.